The Labute approximate surface area is 175 Å². The highest BCUT2D eigenvalue weighted by atomic mass is 19.4. The van der Waals surface area contributed by atoms with Gasteiger partial charge in [0.05, 0.1) is 6.10 Å². The van der Waals surface area contributed by atoms with Crippen LogP contribution in [0.3, 0.4) is 0 Å². The second-order valence-corrected chi connectivity index (χ2v) is 7.53. The lowest BCUT2D eigenvalue weighted by atomic mass is 9.86. The summed E-state index contributed by atoms with van der Waals surface area (Å²) in [6.07, 6.45) is -4.28. The van der Waals surface area contributed by atoms with Crippen LogP contribution in [0.5, 0.6) is 0 Å². The predicted octanol–water partition coefficient (Wildman–Crippen LogP) is 5.83. The van der Waals surface area contributed by atoms with Crippen molar-refractivity contribution in [3.05, 3.63) is 70.8 Å². The molecule has 31 heavy (non-hydrogen) atoms. The van der Waals surface area contributed by atoms with Crippen LogP contribution in [0, 0.1) is 0 Å². The van der Waals surface area contributed by atoms with E-state index in [4.69, 9.17) is 9.05 Å². The average Bonchev–Trinajstić information content (AvgIpc) is 3.38. The van der Waals surface area contributed by atoms with Crippen LogP contribution in [0.15, 0.2) is 57.6 Å². The number of halogens is 3. The van der Waals surface area contributed by atoms with Crippen molar-refractivity contribution >= 4 is 0 Å². The van der Waals surface area contributed by atoms with Gasteiger partial charge in [0.2, 0.25) is 0 Å². The van der Waals surface area contributed by atoms with E-state index in [1.54, 1.807) is 31.2 Å². The molecule has 158 valence electrons. The molecule has 2 aromatic carbocycles. The van der Waals surface area contributed by atoms with E-state index in [1.807, 2.05) is 12.1 Å². The molecular weight excluding hydrogens is 409 g/mol. The van der Waals surface area contributed by atoms with Gasteiger partial charge in [-0.3, -0.25) is 0 Å². The molecule has 2 heterocycles. The smallest absolute Gasteiger partial charge is 0.389 e. The molecule has 1 aliphatic rings. The van der Waals surface area contributed by atoms with Crippen molar-refractivity contribution in [3.8, 4) is 34.0 Å². The summed E-state index contributed by atoms with van der Waals surface area (Å²) in [6.45, 7) is 1.68. The van der Waals surface area contributed by atoms with E-state index in [-0.39, 0.29) is 17.1 Å². The van der Waals surface area contributed by atoms with Crippen LogP contribution in [-0.2, 0) is 19.0 Å². The van der Waals surface area contributed by atoms with E-state index in [2.05, 4.69) is 10.3 Å². The predicted molar refractivity (Wildman–Crippen MR) is 106 cm³/mol. The molecule has 0 saturated carbocycles. The third-order valence-electron chi connectivity index (χ3n) is 5.53. The van der Waals surface area contributed by atoms with Gasteiger partial charge < -0.3 is 14.2 Å². The number of nitrogens with zero attached hydrogens (tertiary/aromatic N) is 2. The lowest BCUT2D eigenvalue weighted by molar-refractivity contribution is -0.136. The zero-order valence-corrected chi connectivity index (χ0v) is 16.4. The minimum atomic E-state index is -4.70. The molecule has 2 aromatic heterocycles. The third-order valence-corrected chi connectivity index (χ3v) is 5.53. The van der Waals surface area contributed by atoms with Gasteiger partial charge in [-0.15, -0.1) is 0 Å². The Balaban J connectivity index is 1.65. The maximum absolute atomic E-state index is 14.0. The largest absolute Gasteiger partial charge is 0.422 e. The van der Waals surface area contributed by atoms with Crippen molar-refractivity contribution in [1.82, 2.24) is 10.3 Å². The van der Waals surface area contributed by atoms with Crippen molar-refractivity contribution in [2.75, 3.05) is 0 Å². The Morgan fingerprint density at radius 3 is 2.35 bits per heavy atom. The molecule has 5 nitrogen and oxygen atoms in total. The van der Waals surface area contributed by atoms with E-state index in [0.717, 1.165) is 16.7 Å². The van der Waals surface area contributed by atoms with Crippen LogP contribution in [0.4, 0.5) is 13.2 Å². The second kappa shape index (κ2) is 7.09. The monoisotopic (exact) mass is 426 g/mol. The molecule has 0 fully saturated rings. The third kappa shape index (κ3) is 3.23. The number of aryl methyl sites for hydroxylation is 1. The van der Waals surface area contributed by atoms with E-state index in [1.165, 1.54) is 12.1 Å². The van der Waals surface area contributed by atoms with Crippen LogP contribution in [0.25, 0.3) is 34.0 Å². The average molecular weight is 426 g/mol. The molecule has 8 heteroatoms. The zero-order chi connectivity index (χ0) is 21.8. The molecule has 0 bridgehead atoms. The van der Waals surface area contributed by atoms with Crippen LogP contribution in [-0.4, -0.2) is 15.4 Å². The summed E-state index contributed by atoms with van der Waals surface area (Å²) in [7, 11) is 0. The quantitative estimate of drug-likeness (QED) is 0.446. The highest BCUT2D eigenvalue weighted by Gasteiger charge is 2.43. The summed E-state index contributed by atoms with van der Waals surface area (Å²) >= 11 is 0. The summed E-state index contributed by atoms with van der Waals surface area (Å²) < 4.78 is 52.6. The maximum atomic E-state index is 14.0. The van der Waals surface area contributed by atoms with Gasteiger partial charge in [0.1, 0.15) is 11.3 Å². The molecule has 4 aromatic rings. The second-order valence-electron chi connectivity index (χ2n) is 7.53. The summed E-state index contributed by atoms with van der Waals surface area (Å²) in [6, 6.07) is 13.5. The summed E-state index contributed by atoms with van der Waals surface area (Å²) in [4.78, 5) is 0. The molecular formula is C23H17F3N2O3. The van der Waals surface area contributed by atoms with Crippen LogP contribution in [0.1, 0.15) is 35.3 Å². The van der Waals surface area contributed by atoms with Gasteiger partial charge in [-0.25, -0.2) is 0 Å². The first-order valence-electron chi connectivity index (χ1n) is 9.77. The number of alkyl halides is 3. The fourth-order valence-corrected chi connectivity index (χ4v) is 4.00. The topological polar surface area (TPSA) is 72.3 Å². The van der Waals surface area contributed by atoms with Gasteiger partial charge in [-0.1, -0.05) is 58.8 Å². The van der Waals surface area contributed by atoms with E-state index in [9.17, 15) is 18.3 Å². The summed E-state index contributed by atoms with van der Waals surface area (Å²) in [5.74, 6) is -0.385. The van der Waals surface area contributed by atoms with Crippen molar-refractivity contribution < 1.29 is 27.3 Å². The van der Waals surface area contributed by atoms with Gasteiger partial charge >= 0.3 is 6.18 Å². The molecule has 0 aliphatic heterocycles. The number of rotatable bonds is 3. The highest BCUT2D eigenvalue weighted by molar-refractivity contribution is 5.79. The van der Waals surface area contributed by atoms with E-state index >= 15 is 0 Å². The number of aliphatic hydroxyl groups is 1. The Hall–Kier alpha value is -3.39. The van der Waals surface area contributed by atoms with Crippen molar-refractivity contribution in [2.45, 2.75) is 32.0 Å². The Bertz CT molecular complexity index is 1260. The fraction of sp³-hybridized carbons (Fsp3) is 0.217. The van der Waals surface area contributed by atoms with E-state index < -0.39 is 23.5 Å². The Morgan fingerprint density at radius 1 is 0.935 bits per heavy atom. The molecule has 0 spiro atoms. The molecule has 0 saturated heterocycles. The Kier molecular flexibility index (Phi) is 4.48. The standard InChI is InChI=1S/C23H17F3N2O3/c1-12(29)14-7-9-16-15(11-14)8-10-17-19(16)27-31-22(17)20-18(23(24,25)26)21(30-28-20)13-5-3-2-4-6-13/h2-7,9,11-12,29H,8,10H2,1H3/t12-/m1/s1. The lowest BCUT2D eigenvalue weighted by Gasteiger charge is -2.17. The fourth-order valence-electron chi connectivity index (χ4n) is 4.00. The first-order valence-corrected chi connectivity index (χ1v) is 9.77. The van der Waals surface area contributed by atoms with Gasteiger partial charge in [0.15, 0.2) is 17.2 Å². The molecule has 0 radical (unpaired) electrons. The number of fused-ring (bicyclic) bond motifs is 3. The van der Waals surface area contributed by atoms with Crippen molar-refractivity contribution in [1.29, 1.82) is 0 Å². The first-order chi connectivity index (χ1) is 14.8. The van der Waals surface area contributed by atoms with Gasteiger partial charge in [0, 0.05) is 16.7 Å². The SMILES string of the molecule is C[C@@H](O)c1ccc2c(c1)CCc1c-2noc1-c1noc(-c2ccccc2)c1C(F)(F)F. The lowest BCUT2D eigenvalue weighted by Crippen LogP contribution is -2.09. The zero-order valence-electron chi connectivity index (χ0n) is 16.4. The van der Waals surface area contributed by atoms with Gasteiger partial charge in [-0.05, 0) is 30.9 Å². The normalized spacial score (nSPS) is 14.2. The molecule has 5 rings (SSSR count). The van der Waals surface area contributed by atoms with E-state index in [0.29, 0.717) is 24.1 Å². The molecule has 0 amide bonds. The maximum Gasteiger partial charge on any atom is 0.422 e. The molecule has 1 N–H and O–H groups in total. The van der Waals surface area contributed by atoms with Crippen LogP contribution >= 0.6 is 0 Å². The molecule has 1 aliphatic carbocycles. The minimum Gasteiger partial charge on any atom is -0.389 e. The van der Waals surface area contributed by atoms with Crippen molar-refractivity contribution in [2.24, 2.45) is 0 Å². The number of hydrogen-bond acceptors (Lipinski definition) is 5. The number of aromatic nitrogens is 2. The van der Waals surface area contributed by atoms with Gasteiger partial charge in [0.25, 0.3) is 0 Å². The number of hydrogen-bond donors (Lipinski definition) is 1. The van der Waals surface area contributed by atoms with Gasteiger partial charge in [-0.2, -0.15) is 13.2 Å². The van der Waals surface area contributed by atoms with Crippen LogP contribution in [0.2, 0.25) is 0 Å². The minimum absolute atomic E-state index is 0.0292. The number of aliphatic hydroxyl groups excluding tert-OH is 1. The highest BCUT2D eigenvalue weighted by Crippen LogP contribution is 2.46. The van der Waals surface area contributed by atoms with Crippen LogP contribution < -0.4 is 0 Å². The molecule has 0 unspecified atom stereocenters. The number of benzene rings is 2. The Morgan fingerprint density at radius 2 is 1.65 bits per heavy atom. The van der Waals surface area contributed by atoms with Crippen molar-refractivity contribution in [3.63, 3.8) is 0 Å². The first kappa shape index (κ1) is 19.6. The summed E-state index contributed by atoms with van der Waals surface area (Å²) in [5.41, 5.74) is 2.47. The molecule has 1 atom stereocenters. The summed E-state index contributed by atoms with van der Waals surface area (Å²) in [5, 5.41) is 17.6.